The molecule has 1 aliphatic rings. The fourth-order valence-electron chi connectivity index (χ4n) is 4.07. The molecule has 2 amide bonds. The third-order valence-corrected chi connectivity index (χ3v) is 6.61. The van der Waals surface area contributed by atoms with Crippen LogP contribution in [0, 0.1) is 5.92 Å². The van der Waals surface area contributed by atoms with E-state index in [-0.39, 0.29) is 18.4 Å². The summed E-state index contributed by atoms with van der Waals surface area (Å²) in [6, 6.07) is 19.3. The molecular formula is C26H34N2O3S. The molecule has 1 N–H and O–H groups in total. The maximum atomic E-state index is 13.2. The first-order valence-corrected chi connectivity index (χ1v) is 12.8. The normalized spacial score (nSPS) is 15.2. The summed E-state index contributed by atoms with van der Waals surface area (Å²) in [5, 5.41) is 2.91. The lowest BCUT2D eigenvalue weighted by Gasteiger charge is -2.34. The van der Waals surface area contributed by atoms with Crippen LogP contribution in [-0.2, 0) is 16.0 Å². The first-order valence-electron chi connectivity index (χ1n) is 11.4. The van der Waals surface area contributed by atoms with Crippen molar-refractivity contribution in [3.05, 3.63) is 66.2 Å². The lowest BCUT2D eigenvalue weighted by atomic mass is 9.90. The molecule has 3 rings (SSSR count). The van der Waals surface area contributed by atoms with E-state index in [1.165, 1.54) is 5.56 Å². The van der Waals surface area contributed by atoms with Gasteiger partial charge in [0, 0.05) is 13.1 Å². The van der Waals surface area contributed by atoms with E-state index in [0.717, 1.165) is 44.5 Å². The van der Waals surface area contributed by atoms with Crippen LogP contribution in [0.5, 0.6) is 5.75 Å². The van der Waals surface area contributed by atoms with Gasteiger partial charge in [-0.25, -0.2) is 0 Å². The van der Waals surface area contributed by atoms with Crippen molar-refractivity contribution in [2.75, 3.05) is 31.7 Å². The number of rotatable bonds is 11. The van der Waals surface area contributed by atoms with Crippen molar-refractivity contribution >= 4 is 23.6 Å². The predicted molar refractivity (Wildman–Crippen MR) is 131 cm³/mol. The zero-order valence-electron chi connectivity index (χ0n) is 18.9. The number of nitrogens with one attached hydrogen (secondary N) is 1. The molecule has 1 heterocycles. The largest absolute Gasteiger partial charge is 0.484 e. The average Bonchev–Trinajstić information content (AvgIpc) is 2.85. The second-order valence-corrected chi connectivity index (χ2v) is 9.28. The molecule has 32 heavy (non-hydrogen) atoms. The Hall–Kier alpha value is -2.47. The van der Waals surface area contributed by atoms with Gasteiger partial charge in [-0.15, -0.1) is 0 Å². The van der Waals surface area contributed by atoms with Gasteiger partial charge in [0.2, 0.25) is 5.91 Å². The number of para-hydroxylation sites is 1. The third-order valence-electron chi connectivity index (χ3n) is 5.97. The highest BCUT2D eigenvalue weighted by molar-refractivity contribution is 7.98. The minimum atomic E-state index is -0.491. The Morgan fingerprint density at radius 2 is 1.72 bits per heavy atom. The number of nitrogens with zero attached hydrogens (tertiary/aromatic N) is 1. The number of amides is 2. The number of benzene rings is 2. The Balaban J connectivity index is 1.45. The van der Waals surface area contributed by atoms with Crippen molar-refractivity contribution in [1.29, 1.82) is 0 Å². The van der Waals surface area contributed by atoms with Gasteiger partial charge in [0.1, 0.15) is 11.8 Å². The predicted octanol–water partition coefficient (Wildman–Crippen LogP) is 4.17. The van der Waals surface area contributed by atoms with Crippen molar-refractivity contribution in [3.8, 4) is 5.75 Å². The first kappa shape index (κ1) is 24.2. The van der Waals surface area contributed by atoms with E-state index in [2.05, 4.69) is 29.6 Å². The second kappa shape index (κ2) is 13.2. The molecule has 1 fully saturated rings. The maximum absolute atomic E-state index is 13.2. The Morgan fingerprint density at radius 1 is 1.06 bits per heavy atom. The molecule has 0 bridgehead atoms. The van der Waals surface area contributed by atoms with Crippen LogP contribution in [0.25, 0.3) is 0 Å². The lowest BCUT2D eigenvalue weighted by Crippen LogP contribution is -2.51. The van der Waals surface area contributed by atoms with Crippen LogP contribution in [0.4, 0.5) is 0 Å². The van der Waals surface area contributed by atoms with Gasteiger partial charge in [0.25, 0.3) is 5.91 Å². The van der Waals surface area contributed by atoms with E-state index in [1.807, 2.05) is 47.6 Å². The topological polar surface area (TPSA) is 58.6 Å². The quantitative estimate of drug-likeness (QED) is 0.554. The molecule has 2 aromatic carbocycles. The highest BCUT2D eigenvalue weighted by Crippen LogP contribution is 2.23. The van der Waals surface area contributed by atoms with E-state index in [9.17, 15) is 9.59 Å². The van der Waals surface area contributed by atoms with Gasteiger partial charge >= 0.3 is 0 Å². The van der Waals surface area contributed by atoms with Crippen LogP contribution in [-0.4, -0.2) is 54.5 Å². The summed E-state index contributed by atoms with van der Waals surface area (Å²) in [6.45, 7) is 1.45. The number of aryl methyl sites for hydroxylation is 1. The Kier molecular flexibility index (Phi) is 9.95. The van der Waals surface area contributed by atoms with Crippen molar-refractivity contribution < 1.29 is 14.3 Å². The lowest BCUT2D eigenvalue weighted by molar-refractivity contribution is -0.138. The number of hydrogen-bond acceptors (Lipinski definition) is 4. The summed E-state index contributed by atoms with van der Waals surface area (Å²) in [5.74, 6) is 1.90. The van der Waals surface area contributed by atoms with Crippen LogP contribution in [0.3, 0.4) is 0 Å². The van der Waals surface area contributed by atoms with Crippen LogP contribution in [0.2, 0.25) is 0 Å². The molecule has 1 aliphatic heterocycles. The maximum Gasteiger partial charge on any atom is 0.258 e. The van der Waals surface area contributed by atoms with Gasteiger partial charge in [-0.2, -0.15) is 11.8 Å². The van der Waals surface area contributed by atoms with Gasteiger partial charge in [-0.1, -0.05) is 48.5 Å². The molecule has 0 saturated carbocycles. The zero-order chi connectivity index (χ0) is 22.6. The summed E-state index contributed by atoms with van der Waals surface area (Å²) >= 11 is 1.68. The molecule has 0 aromatic heterocycles. The van der Waals surface area contributed by atoms with E-state index in [1.54, 1.807) is 11.8 Å². The van der Waals surface area contributed by atoms with Gasteiger partial charge in [0.05, 0.1) is 0 Å². The fourth-order valence-corrected chi connectivity index (χ4v) is 4.54. The van der Waals surface area contributed by atoms with Crippen LogP contribution >= 0.6 is 11.8 Å². The smallest absolute Gasteiger partial charge is 0.258 e. The summed E-state index contributed by atoms with van der Waals surface area (Å²) in [7, 11) is 0. The molecule has 172 valence electrons. The van der Waals surface area contributed by atoms with Gasteiger partial charge < -0.3 is 15.0 Å². The van der Waals surface area contributed by atoms with Crippen molar-refractivity contribution in [2.24, 2.45) is 5.92 Å². The molecule has 1 saturated heterocycles. The number of thioether (sulfide) groups is 1. The standard InChI is InChI=1S/C26H34N2O3S/c1-32-19-16-24(27-25(29)20-31-23-10-6-3-7-11-23)26(30)28-17-14-22(15-18-28)13-12-21-8-4-2-5-9-21/h2-11,22,24H,12-20H2,1H3,(H,27,29). The molecule has 5 nitrogen and oxygen atoms in total. The summed E-state index contributed by atoms with van der Waals surface area (Å²) < 4.78 is 5.53. The van der Waals surface area contributed by atoms with E-state index < -0.39 is 6.04 Å². The highest BCUT2D eigenvalue weighted by atomic mass is 32.2. The molecule has 1 atom stereocenters. The van der Waals surface area contributed by atoms with Crippen molar-refractivity contribution in [2.45, 2.75) is 38.1 Å². The van der Waals surface area contributed by atoms with Gasteiger partial charge in [-0.05, 0) is 67.7 Å². The van der Waals surface area contributed by atoms with Crippen LogP contribution in [0.1, 0.15) is 31.2 Å². The number of carbonyl (C=O) groups is 2. The number of likely N-dealkylation sites (tertiary alicyclic amines) is 1. The van der Waals surface area contributed by atoms with Crippen molar-refractivity contribution in [1.82, 2.24) is 10.2 Å². The molecule has 1 unspecified atom stereocenters. The molecule has 2 aromatic rings. The Morgan fingerprint density at radius 3 is 2.38 bits per heavy atom. The van der Waals surface area contributed by atoms with E-state index in [0.29, 0.717) is 18.1 Å². The number of carbonyl (C=O) groups excluding carboxylic acids is 2. The van der Waals surface area contributed by atoms with Gasteiger partial charge in [-0.3, -0.25) is 9.59 Å². The fraction of sp³-hybridized carbons (Fsp3) is 0.462. The Bertz CT molecular complexity index is 823. The highest BCUT2D eigenvalue weighted by Gasteiger charge is 2.29. The van der Waals surface area contributed by atoms with Crippen molar-refractivity contribution in [3.63, 3.8) is 0 Å². The molecule has 0 spiro atoms. The number of piperidine rings is 1. The SMILES string of the molecule is CSCCC(NC(=O)COc1ccccc1)C(=O)N1CCC(CCc2ccccc2)CC1. The second-order valence-electron chi connectivity index (χ2n) is 8.30. The van der Waals surface area contributed by atoms with Gasteiger partial charge in [0.15, 0.2) is 6.61 Å². The minimum Gasteiger partial charge on any atom is -0.484 e. The molecule has 6 heteroatoms. The minimum absolute atomic E-state index is 0.0358. The number of ether oxygens (including phenoxy) is 1. The summed E-state index contributed by atoms with van der Waals surface area (Å²) in [5.41, 5.74) is 1.38. The average molecular weight is 455 g/mol. The van der Waals surface area contributed by atoms with E-state index >= 15 is 0 Å². The zero-order valence-corrected chi connectivity index (χ0v) is 19.7. The monoisotopic (exact) mass is 454 g/mol. The Labute approximate surface area is 195 Å². The number of hydrogen-bond donors (Lipinski definition) is 1. The first-order chi connectivity index (χ1) is 15.7. The van der Waals surface area contributed by atoms with Crippen LogP contribution < -0.4 is 10.1 Å². The summed E-state index contributed by atoms with van der Waals surface area (Å²) in [4.78, 5) is 27.5. The van der Waals surface area contributed by atoms with Crippen LogP contribution in [0.15, 0.2) is 60.7 Å². The summed E-state index contributed by atoms with van der Waals surface area (Å²) in [6.07, 6.45) is 6.95. The molecule has 0 aliphatic carbocycles. The third kappa shape index (κ3) is 7.90. The van der Waals surface area contributed by atoms with E-state index in [4.69, 9.17) is 4.74 Å². The molecular weight excluding hydrogens is 420 g/mol. The molecule has 0 radical (unpaired) electrons.